The highest BCUT2D eigenvalue weighted by atomic mass is 79.9. The van der Waals surface area contributed by atoms with Crippen molar-refractivity contribution in [3.05, 3.63) is 51.0 Å². The van der Waals surface area contributed by atoms with Crippen LogP contribution in [0.4, 0.5) is 0 Å². The third-order valence-corrected chi connectivity index (χ3v) is 6.81. The van der Waals surface area contributed by atoms with Crippen LogP contribution < -0.4 is 0 Å². The Kier molecular flexibility index (Phi) is 4.86. The molecule has 2 aliphatic heterocycles. The minimum absolute atomic E-state index is 0.0644. The maximum atomic E-state index is 13.0. The number of imide groups is 1. The summed E-state index contributed by atoms with van der Waals surface area (Å²) >= 11 is 3.34. The summed E-state index contributed by atoms with van der Waals surface area (Å²) in [7, 11) is -3.28. The maximum absolute atomic E-state index is 13.0. The highest BCUT2D eigenvalue weighted by Crippen LogP contribution is 2.31. The Bertz CT molecular complexity index is 1000. The first-order valence-corrected chi connectivity index (χ1v) is 10.5. The van der Waals surface area contributed by atoms with E-state index in [1.54, 1.807) is 25.1 Å². The number of carbonyl (C=O) groups excluding carboxylic acids is 2. The number of amides is 2. The van der Waals surface area contributed by atoms with Gasteiger partial charge >= 0.3 is 0 Å². The molecule has 0 aliphatic carbocycles. The van der Waals surface area contributed by atoms with E-state index in [1.165, 1.54) is 0 Å². The van der Waals surface area contributed by atoms with Gasteiger partial charge in [-0.1, -0.05) is 28.1 Å². The SMILES string of the molecule is CC1=C(C#N)C(=O)N(C2CCS(=O)(=O)C2)C(=O)C1=Cc1ccc(Br)cc1. The second-order valence-electron chi connectivity index (χ2n) is 6.26. The number of hydrogen-bond acceptors (Lipinski definition) is 5. The molecule has 1 atom stereocenters. The van der Waals surface area contributed by atoms with E-state index in [0.717, 1.165) is 14.9 Å². The van der Waals surface area contributed by atoms with Gasteiger partial charge in [-0.05, 0) is 42.7 Å². The molecule has 1 aromatic carbocycles. The monoisotopic (exact) mass is 434 g/mol. The van der Waals surface area contributed by atoms with Gasteiger partial charge in [0.15, 0.2) is 9.84 Å². The molecule has 2 aliphatic rings. The van der Waals surface area contributed by atoms with Crippen molar-refractivity contribution in [2.24, 2.45) is 0 Å². The van der Waals surface area contributed by atoms with Crippen molar-refractivity contribution < 1.29 is 18.0 Å². The van der Waals surface area contributed by atoms with E-state index in [4.69, 9.17) is 0 Å². The lowest BCUT2D eigenvalue weighted by molar-refractivity contribution is -0.142. The van der Waals surface area contributed by atoms with Gasteiger partial charge in [0.2, 0.25) is 0 Å². The first-order valence-electron chi connectivity index (χ1n) is 7.90. The van der Waals surface area contributed by atoms with Crippen LogP contribution in [0.15, 0.2) is 45.5 Å². The van der Waals surface area contributed by atoms with Gasteiger partial charge < -0.3 is 0 Å². The number of benzene rings is 1. The van der Waals surface area contributed by atoms with Crippen LogP contribution in [-0.2, 0) is 19.4 Å². The molecule has 2 amide bonds. The van der Waals surface area contributed by atoms with Crippen molar-refractivity contribution in [1.82, 2.24) is 4.90 Å². The van der Waals surface area contributed by atoms with Gasteiger partial charge in [0, 0.05) is 10.0 Å². The summed E-state index contributed by atoms with van der Waals surface area (Å²) in [5, 5.41) is 9.38. The van der Waals surface area contributed by atoms with Crippen LogP contribution in [0.3, 0.4) is 0 Å². The molecular formula is C18H15BrN2O4S. The molecule has 0 spiro atoms. The zero-order valence-corrected chi connectivity index (χ0v) is 16.3. The van der Waals surface area contributed by atoms with Crippen LogP contribution in [0.2, 0.25) is 0 Å². The molecule has 6 nitrogen and oxygen atoms in total. The summed E-state index contributed by atoms with van der Waals surface area (Å²) in [6.07, 6.45) is 1.81. The molecule has 0 saturated carbocycles. The molecule has 1 saturated heterocycles. The molecule has 8 heteroatoms. The van der Waals surface area contributed by atoms with Crippen LogP contribution in [-0.4, -0.2) is 42.7 Å². The fraction of sp³-hybridized carbons (Fsp3) is 0.278. The summed E-state index contributed by atoms with van der Waals surface area (Å²) in [5.41, 5.74) is 1.15. The predicted octanol–water partition coefficient (Wildman–Crippen LogP) is 2.23. The zero-order chi connectivity index (χ0) is 19.1. The number of sulfone groups is 1. The van der Waals surface area contributed by atoms with Crippen molar-refractivity contribution in [1.29, 1.82) is 5.26 Å². The van der Waals surface area contributed by atoms with Crippen LogP contribution in [0.1, 0.15) is 18.9 Å². The van der Waals surface area contributed by atoms with Crippen molar-refractivity contribution in [3.8, 4) is 6.07 Å². The molecule has 0 N–H and O–H groups in total. The Morgan fingerprint density at radius 3 is 2.42 bits per heavy atom. The minimum Gasteiger partial charge on any atom is -0.270 e. The average Bonchev–Trinajstić information content (AvgIpc) is 2.93. The first-order chi connectivity index (χ1) is 12.2. The second kappa shape index (κ2) is 6.82. The van der Waals surface area contributed by atoms with Gasteiger partial charge in [0.25, 0.3) is 11.8 Å². The predicted molar refractivity (Wildman–Crippen MR) is 99.3 cm³/mol. The van der Waals surface area contributed by atoms with Gasteiger partial charge in [-0.25, -0.2) is 8.42 Å². The highest BCUT2D eigenvalue weighted by Gasteiger charge is 2.43. The Morgan fingerprint density at radius 1 is 1.23 bits per heavy atom. The molecule has 134 valence electrons. The van der Waals surface area contributed by atoms with Crippen LogP contribution in [0.25, 0.3) is 6.08 Å². The number of halogens is 1. The molecule has 2 heterocycles. The Morgan fingerprint density at radius 2 is 1.88 bits per heavy atom. The lowest BCUT2D eigenvalue weighted by atomic mass is 9.92. The number of nitrogens with zero attached hydrogens (tertiary/aromatic N) is 2. The molecule has 1 unspecified atom stereocenters. The van der Waals surface area contributed by atoms with E-state index in [9.17, 15) is 23.3 Å². The number of rotatable bonds is 2. The van der Waals surface area contributed by atoms with E-state index in [-0.39, 0.29) is 29.1 Å². The lowest BCUT2D eigenvalue weighted by Crippen LogP contribution is -2.49. The van der Waals surface area contributed by atoms with Gasteiger partial charge in [0.1, 0.15) is 11.6 Å². The second-order valence-corrected chi connectivity index (χ2v) is 9.40. The topological polar surface area (TPSA) is 95.3 Å². The molecular weight excluding hydrogens is 420 g/mol. The molecule has 1 fully saturated rings. The maximum Gasteiger partial charge on any atom is 0.271 e. The highest BCUT2D eigenvalue weighted by molar-refractivity contribution is 9.10. The third kappa shape index (κ3) is 3.37. The smallest absolute Gasteiger partial charge is 0.270 e. The Hall–Kier alpha value is -2.24. The van der Waals surface area contributed by atoms with Crippen LogP contribution in [0.5, 0.6) is 0 Å². The minimum atomic E-state index is -3.28. The number of nitriles is 1. The van der Waals surface area contributed by atoms with E-state index in [1.807, 2.05) is 18.2 Å². The van der Waals surface area contributed by atoms with Crippen LogP contribution in [0, 0.1) is 11.3 Å². The van der Waals surface area contributed by atoms with E-state index in [0.29, 0.717) is 5.57 Å². The number of carbonyl (C=O) groups is 2. The van der Waals surface area contributed by atoms with Crippen molar-refractivity contribution in [2.45, 2.75) is 19.4 Å². The van der Waals surface area contributed by atoms with Crippen LogP contribution >= 0.6 is 15.9 Å². The van der Waals surface area contributed by atoms with E-state index >= 15 is 0 Å². The molecule has 3 rings (SSSR count). The van der Waals surface area contributed by atoms with Gasteiger partial charge in [-0.3, -0.25) is 14.5 Å². The first kappa shape index (κ1) is 18.5. The summed E-state index contributed by atoms with van der Waals surface area (Å²) in [6.45, 7) is 1.56. The average molecular weight is 435 g/mol. The molecule has 26 heavy (non-hydrogen) atoms. The van der Waals surface area contributed by atoms with Gasteiger partial charge in [0.05, 0.1) is 17.5 Å². The molecule has 0 radical (unpaired) electrons. The Labute approximate surface area is 159 Å². The summed E-state index contributed by atoms with van der Waals surface area (Å²) < 4.78 is 24.4. The van der Waals surface area contributed by atoms with Crippen molar-refractivity contribution in [3.63, 3.8) is 0 Å². The van der Waals surface area contributed by atoms with Crippen molar-refractivity contribution >= 4 is 43.7 Å². The lowest BCUT2D eigenvalue weighted by Gasteiger charge is -2.31. The van der Waals surface area contributed by atoms with Gasteiger partial charge in [-0.2, -0.15) is 5.26 Å². The third-order valence-electron chi connectivity index (χ3n) is 4.53. The standard InChI is InChI=1S/C18H15BrN2O4S/c1-11-15(8-12-2-4-13(19)5-3-12)17(22)21(18(23)16(11)9-20)14-6-7-26(24,25)10-14/h2-5,8,14H,6-7,10H2,1H3. The zero-order valence-electron chi connectivity index (χ0n) is 13.9. The molecule has 0 bridgehead atoms. The van der Waals surface area contributed by atoms with Crippen molar-refractivity contribution in [2.75, 3.05) is 11.5 Å². The quantitative estimate of drug-likeness (QED) is 0.525. The van der Waals surface area contributed by atoms with E-state index < -0.39 is 27.7 Å². The normalized spacial score (nSPS) is 24.3. The van der Waals surface area contributed by atoms with Gasteiger partial charge in [-0.15, -0.1) is 0 Å². The Balaban J connectivity index is 2.08. The summed E-state index contributed by atoms with van der Waals surface area (Å²) in [5.74, 6) is -1.60. The summed E-state index contributed by atoms with van der Waals surface area (Å²) in [6, 6.07) is 8.35. The molecule has 1 aromatic rings. The summed E-state index contributed by atoms with van der Waals surface area (Å²) in [4.78, 5) is 26.5. The molecule has 0 aromatic heterocycles. The largest absolute Gasteiger partial charge is 0.271 e. The van der Waals surface area contributed by atoms with E-state index in [2.05, 4.69) is 15.9 Å². The fourth-order valence-corrected chi connectivity index (χ4v) is 5.10. The fourth-order valence-electron chi connectivity index (χ4n) is 3.14. The number of hydrogen-bond donors (Lipinski definition) is 0.